The minimum Gasteiger partial charge on any atom is -0.507 e. The number of para-hydroxylation sites is 1. The van der Waals surface area contributed by atoms with Crippen molar-refractivity contribution in [2.75, 3.05) is 5.43 Å². The van der Waals surface area contributed by atoms with Crippen LogP contribution in [0, 0.1) is 6.92 Å². The van der Waals surface area contributed by atoms with Crippen molar-refractivity contribution in [3.8, 4) is 17.1 Å². The van der Waals surface area contributed by atoms with E-state index in [0.29, 0.717) is 17.2 Å². The van der Waals surface area contributed by atoms with Crippen LogP contribution in [0.5, 0.6) is 5.75 Å². The van der Waals surface area contributed by atoms with Crippen molar-refractivity contribution in [2.45, 2.75) is 6.92 Å². The SMILES string of the molecule is Cc1ccc(-c2nc(NN=Cc3c(O)ccc4ccccc34)c3ccccc3n2)cc1. The van der Waals surface area contributed by atoms with Crippen LogP contribution in [0.2, 0.25) is 0 Å². The van der Waals surface area contributed by atoms with Crippen molar-refractivity contribution < 1.29 is 5.11 Å². The van der Waals surface area contributed by atoms with Gasteiger partial charge < -0.3 is 5.11 Å². The average molecular weight is 404 g/mol. The zero-order valence-electron chi connectivity index (χ0n) is 16.9. The van der Waals surface area contributed by atoms with Crippen molar-refractivity contribution in [2.24, 2.45) is 5.10 Å². The number of rotatable bonds is 4. The predicted octanol–water partition coefficient (Wildman–Crippen LogP) is 5.91. The molecule has 5 nitrogen and oxygen atoms in total. The minimum atomic E-state index is 0.178. The molecule has 31 heavy (non-hydrogen) atoms. The number of anilines is 1. The number of nitrogens with one attached hydrogen (secondary N) is 1. The van der Waals surface area contributed by atoms with E-state index in [-0.39, 0.29) is 5.75 Å². The zero-order chi connectivity index (χ0) is 21.2. The number of phenolic OH excluding ortho intramolecular Hbond substituents is 1. The van der Waals surface area contributed by atoms with Crippen LogP contribution >= 0.6 is 0 Å². The number of aromatic nitrogens is 2. The van der Waals surface area contributed by atoms with E-state index in [1.807, 2.05) is 78.9 Å². The summed E-state index contributed by atoms with van der Waals surface area (Å²) in [5.74, 6) is 1.42. The molecule has 0 atom stereocenters. The summed E-state index contributed by atoms with van der Waals surface area (Å²) in [6.07, 6.45) is 1.63. The summed E-state index contributed by atoms with van der Waals surface area (Å²) in [7, 11) is 0. The molecule has 0 radical (unpaired) electrons. The van der Waals surface area contributed by atoms with E-state index >= 15 is 0 Å². The van der Waals surface area contributed by atoms with Crippen molar-refractivity contribution in [1.29, 1.82) is 0 Å². The molecule has 0 aliphatic heterocycles. The highest BCUT2D eigenvalue weighted by molar-refractivity contribution is 6.02. The van der Waals surface area contributed by atoms with Crippen LogP contribution in [-0.4, -0.2) is 21.3 Å². The Morgan fingerprint density at radius 3 is 2.39 bits per heavy atom. The third-order valence-electron chi connectivity index (χ3n) is 5.22. The van der Waals surface area contributed by atoms with E-state index in [4.69, 9.17) is 9.97 Å². The molecule has 0 spiro atoms. The summed E-state index contributed by atoms with van der Waals surface area (Å²) in [6, 6.07) is 27.4. The summed E-state index contributed by atoms with van der Waals surface area (Å²) in [5.41, 5.74) is 6.67. The maximum absolute atomic E-state index is 10.3. The Hall–Kier alpha value is -4.25. The Morgan fingerprint density at radius 2 is 1.55 bits per heavy atom. The largest absolute Gasteiger partial charge is 0.507 e. The Kier molecular flexibility index (Phi) is 4.77. The molecule has 0 unspecified atom stereocenters. The Bertz CT molecular complexity index is 1430. The number of benzene rings is 4. The van der Waals surface area contributed by atoms with Crippen molar-refractivity contribution in [3.05, 3.63) is 96.1 Å². The molecular formula is C26H20N4O. The second-order valence-electron chi connectivity index (χ2n) is 7.37. The van der Waals surface area contributed by atoms with Gasteiger partial charge in [0.05, 0.1) is 11.7 Å². The topological polar surface area (TPSA) is 70.4 Å². The van der Waals surface area contributed by atoms with Gasteiger partial charge in [-0.1, -0.05) is 72.3 Å². The molecule has 0 aliphatic carbocycles. The predicted molar refractivity (Wildman–Crippen MR) is 127 cm³/mol. The molecule has 2 N–H and O–H groups in total. The van der Waals surface area contributed by atoms with Crippen LogP contribution in [0.25, 0.3) is 33.1 Å². The van der Waals surface area contributed by atoms with E-state index in [1.54, 1.807) is 12.3 Å². The van der Waals surface area contributed by atoms with Gasteiger partial charge in [-0.25, -0.2) is 9.97 Å². The lowest BCUT2D eigenvalue weighted by Crippen LogP contribution is -1.99. The van der Waals surface area contributed by atoms with Gasteiger partial charge in [0.25, 0.3) is 0 Å². The normalized spacial score (nSPS) is 11.4. The molecule has 5 heteroatoms. The number of phenols is 1. The highest BCUT2D eigenvalue weighted by atomic mass is 16.3. The molecule has 0 saturated carbocycles. The molecule has 4 aromatic carbocycles. The third kappa shape index (κ3) is 3.69. The fourth-order valence-corrected chi connectivity index (χ4v) is 3.57. The van der Waals surface area contributed by atoms with Crippen LogP contribution in [0.4, 0.5) is 5.82 Å². The van der Waals surface area contributed by atoms with Crippen molar-refractivity contribution in [3.63, 3.8) is 0 Å². The van der Waals surface area contributed by atoms with Crippen LogP contribution in [0.3, 0.4) is 0 Å². The van der Waals surface area contributed by atoms with E-state index in [2.05, 4.69) is 17.5 Å². The lowest BCUT2D eigenvalue weighted by Gasteiger charge is -2.09. The molecule has 150 valence electrons. The van der Waals surface area contributed by atoms with Crippen LogP contribution in [0.1, 0.15) is 11.1 Å². The zero-order valence-corrected chi connectivity index (χ0v) is 16.9. The summed E-state index contributed by atoms with van der Waals surface area (Å²) < 4.78 is 0. The van der Waals surface area contributed by atoms with Crippen LogP contribution in [0.15, 0.2) is 90.0 Å². The minimum absolute atomic E-state index is 0.178. The Labute approximate surface area is 179 Å². The summed E-state index contributed by atoms with van der Waals surface area (Å²) in [6.45, 7) is 2.05. The molecule has 5 rings (SSSR count). The van der Waals surface area contributed by atoms with Gasteiger partial charge in [0, 0.05) is 16.5 Å². The lowest BCUT2D eigenvalue weighted by atomic mass is 10.0. The van der Waals surface area contributed by atoms with Gasteiger partial charge in [-0.2, -0.15) is 5.10 Å². The van der Waals surface area contributed by atoms with Gasteiger partial charge >= 0.3 is 0 Å². The van der Waals surface area contributed by atoms with E-state index in [1.165, 1.54) is 5.56 Å². The number of hydrogen-bond acceptors (Lipinski definition) is 5. The first-order valence-electron chi connectivity index (χ1n) is 10.0. The first-order chi connectivity index (χ1) is 15.2. The first-order valence-corrected chi connectivity index (χ1v) is 10.0. The van der Waals surface area contributed by atoms with Gasteiger partial charge in [0.2, 0.25) is 0 Å². The summed E-state index contributed by atoms with van der Waals surface area (Å²) in [5, 5.41) is 17.6. The van der Waals surface area contributed by atoms with Gasteiger partial charge in [-0.05, 0) is 35.9 Å². The van der Waals surface area contributed by atoms with E-state index in [9.17, 15) is 5.11 Å². The monoisotopic (exact) mass is 404 g/mol. The molecule has 5 aromatic rings. The van der Waals surface area contributed by atoms with Crippen molar-refractivity contribution >= 4 is 33.7 Å². The molecule has 0 bridgehead atoms. The molecule has 1 aromatic heterocycles. The second kappa shape index (κ2) is 7.88. The molecule has 0 aliphatic rings. The second-order valence-corrected chi connectivity index (χ2v) is 7.37. The Morgan fingerprint density at radius 1 is 0.806 bits per heavy atom. The third-order valence-corrected chi connectivity index (χ3v) is 5.22. The van der Waals surface area contributed by atoms with Gasteiger partial charge in [0.1, 0.15) is 5.75 Å². The summed E-state index contributed by atoms with van der Waals surface area (Å²) >= 11 is 0. The number of hydrogen-bond donors (Lipinski definition) is 2. The molecule has 0 saturated heterocycles. The number of aromatic hydroxyl groups is 1. The highest BCUT2D eigenvalue weighted by Crippen LogP contribution is 2.27. The molecule has 0 amide bonds. The smallest absolute Gasteiger partial charge is 0.162 e. The van der Waals surface area contributed by atoms with Crippen LogP contribution < -0.4 is 5.43 Å². The average Bonchev–Trinajstić information content (AvgIpc) is 2.81. The van der Waals surface area contributed by atoms with Gasteiger partial charge in [-0.3, -0.25) is 5.43 Å². The first kappa shape index (κ1) is 18.8. The maximum Gasteiger partial charge on any atom is 0.162 e. The maximum atomic E-state index is 10.3. The number of aryl methyl sites for hydroxylation is 1. The molecular weight excluding hydrogens is 384 g/mol. The van der Waals surface area contributed by atoms with E-state index in [0.717, 1.165) is 27.2 Å². The summed E-state index contributed by atoms with van der Waals surface area (Å²) in [4.78, 5) is 9.43. The lowest BCUT2D eigenvalue weighted by molar-refractivity contribution is 0.475. The number of nitrogens with zero attached hydrogens (tertiary/aromatic N) is 3. The molecule has 0 fully saturated rings. The van der Waals surface area contributed by atoms with Crippen LogP contribution in [-0.2, 0) is 0 Å². The van der Waals surface area contributed by atoms with Gasteiger partial charge in [0.15, 0.2) is 11.6 Å². The fraction of sp³-hybridized carbons (Fsp3) is 0.0385. The quantitative estimate of drug-likeness (QED) is 0.289. The number of hydrazone groups is 1. The number of fused-ring (bicyclic) bond motifs is 2. The fourth-order valence-electron chi connectivity index (χ4n) is 3.57. The standard InChI is InChI=1S/C26H20N4O/c1-17-10-12-19(13-11-17)25-28-23-9-5-4-8-21(23)26(29-25)30-27-16-22-20-7-3-2-6-18(20)14-15-24(22)31/h2-16,31H,1H3,(H,28,29,30). The van der Waals surface area contributed by atoms with Gasteiger partial charge in [-0.15, -0.1) is 0 Å². The van der Waals surface area contributed by atoms with E-state index < -0.39 is 0 Å². The van der Waals surface area contributed by atoms with Crippen molar-refractivity contribution in [1.82, 2.24) is 9.97 Å². The molecule has 1 heterocycles. The Balaban J connectivity index is 1.55. The highest BCUT2D eigenvalue weighted by Gasteiger charge is 2.09.